The van der Waals surface area contributed by atoms with Gasteiger partial charge in [0, 0.05) is 12.1 Å². The number of aliphatic hydroxyl groups excluding tert-OH is 1. The zero-order valence-corrected chi connectivity index (χ0v) is 13.0. The van der Waals surface area contributed by atoms with E-state index in [4.69, 9.17) is 4.42 Å². The molecule has 0 bridgehead atoms. The van der Waals surface area contributed by atoms with E-state index in [-0.39, 0.29) is 24.8 Å². The van der Waals surface area contributed by atoms with Crippen LogP contribution in [0.3, 0.4) is 0 Å². The lowest BCUT2D eigenvalue weighted by molar-refractivity contribution is -0.143. The summed E-state index contributed by atoms with van der Waals surface area (Å²) in [5.41, 5.74) is -3.93. The lowest BCUT2D eigenvalue weighted by atomic mass is 10.0. The molecule has 2 aromatic rings. The number of carbonyl (C=O) groups is 1. The van der Waals surface area contributed by atoms with Crippen molar-refractivity contribution in [2.75, 3.05) is 6.54 Å². The molecule has 0 aliphatic rings. The van der Waals surface area contributed by atoms with Crippen LogP contribution in [-0.2, 0) is 12.4 Å². The van der Waals surface area contributed by atoms with Gasteiger partial charge in [-0.15, -0.1) is 0 Å². The minimum absolute atomic E-state index is 0.0374. The standard InChI is InChI=1S/C16H13F6NO3/c17-15(18,19)10-6-9(7-11(8-10)16(20,21)22)14(25)23-4-3-12(24)13-2-1-5-26-13/h1-2,5-8,12,24H,3-4H2,(H,23,25). The van der Waals surface area contributed by atoms with Crippen molar-refractivity contribution in [3.8, 4) is 0 Å². The third kappa shape index (κ3) is 5.01. The molecular formula is C16H13F6NO3. The monoisotopic (exact) mass is 381 g/mol. The lowest BCUT2D eigenvalue weighted by Crippen LogP contribution is -2.26. The summed E-state index contributed by atoms with van der Waals surface area (Å²) in [6, 6.07) is 3.63. The summed E-state index contributed by atoms with van der Waals surface area (Å²) in [5, 5.41) is 11.9. The van der Waals surface area contributed by atoms with Crippen molar-refractivity contribution >= 4 is 5.91 Å². The topological polar surface area (TPSA) is 62.5 Å². The Morgan fingerprint density at radius 2 is 1.65 bits per heavy atom. The average Bonchev–Trinajstić information content (AvgIpc) is 3.07. The maximum Gasteiger partial charge on any atom is 0.416 e. The van der Waals surface area contributed by atoms with Gasteiger partial charge in [0.25, 0.3) is 5.91 Å². The van der Waals surface area contributed by atoms with Gasteiger partial charge in [-0.2, -0.15) is 26.3 Å². The quantitative estimate of drug-likeness (QED) is 0.765. The first-order valence-corrected chi connectivity index (χ1v) is 7.27. The van der Waals surface area contributed by atoms with Crippen LogP contribution in [0.5, 0.6) is 0 Å². The Hall–Kier alpha value is -2.49. The molecule has 1 atom stereocenters. The number of hydrogen-bond donors (Lipinski definition) is 2. The SMILES string of the molecule is O=C(NCCC(O)c1ccco1)c1cc(C(F)(F)F)cc(C(F)(F)F)c1. The Labute approximate surface area is 143 Å². The first-order chi connectivity index (χ1) is 12.0. The van der Waals surface area contributed by atoms with Crippen LogP contribution < -0.4 is 5.32 Å². The van der Waals surface area contributed by atoms with E-state index in [1.807, 2.05) is 0 Å². The van der Waals surface area contributed by atoms with Gasteiger partial charge in [0.05, 0.1) is 17.4 Å². The zero-order chi connectivity index (χ0) is 19.5. The van der Waals surface area contributed by atoms with E-state index in [0.29, 0.717) is 12.1 Å². The molecule has 26 heavy (non-hydrogen) atoms. The smallest absolute Gasteiger partial charge is 0.416 e. The first-order valence-electron chi connectivity index (χ1n) is 7.27. The molecule has 4 nitrogen and oxygen atoms in total. The zero-order valence-electron chi connectivity index (χ0n) is 13.0. The van der Waals surface area contributed by atoms with E-state index >= 15 is 0 Å². The molecular weight excluding hydrogens is 368 g/mol. The van der Waals surface area contributed by atoms with Crippen LogP contribution in [0.4, 0.5) is 26.3 Å². The van der Waals surface area contributed by atoms with Gasteiger partial charge in [-0.05, 0) is 36.8 Å². The largest absolute Gasteiger partial charge is 0.467 e. The number of rotatable bonds is 5. The predicted octanol–water partition coefficient (Wildman–Crippen LogP) is 4.17. The van der Waals surface area contributed by atoms with Gasteiger partial charge in [0.15, 0.2) is 0 Å². The normalized spacial score (nSPS) is 13.5. The summed E-state index contributed by atoms with van der Waals surface area (Å²) in [5.74, 6) is -0.897. The van der Waals surface area contributed by atoms with Crippen LogP contribution in [0, 0.1) is 0 Å². The highest BCUT2D eigenvalue weighted by atomic mass is 19.4. The molecule has 0 radical (unpaired) electrons. The summed E-state index contributed by atoms with van der Waals surface area (Å²) >= 11 is 0. The fourth-order valence-electron chi connectivity index (χ4n) is 2.13. The number of hydrogen-bond acceptors (Lipinski definition) is 3. The van der Waals surface area contributed by atoms with Crippen molar-refractivity contribution in [1.82, 2.24) is 5.32 Å². The molecule has 2 rings (SSSR count). The van der Waals surface area contributed by atoms with E-state index in [1.54, 1.807) is 0 Å². The van der Waals surface area contributed by atoms with Gasteiger partial charge < -0.3 is 14.8 Å². The van der Waals surface area contributed by atoms with Crippen molar-refractivity contribution in [1.29, 1.82) is 0 Å². The van der Waals surface area contributed by atoms with Crippen molar-refractivity contribution < 1.29 is 40.7 Å². The predicted molar refractivity (Wildman–Crippen MR) is 77.1 cm³/mol. The second kappa shape index (κ2) is 7.40. The highest BCUT2D eigenvalue weighted by Crippen LogP contribution is 2.36. The van der Waals surface area contributed by atoms with Gasteiger partial charge in [0.1, 0.15) is 11.9 Å². The van der Waals surface area contributed by atoms with E-state index < -0.39 is 41.1 Å². The second-order valence-corrected chi connectivity index (χ2v) is 5.37. The molecule has 1 amide bonds. The molecule has 0 saturated heterocycles. The Bertz CT molecular complexity index is 720. The summed E-state index contributed by atoms with van der Waals surface area (Å²) in [4.78, 5) is 11.9. The molecule has 142 valence electrons. The minimum Gasteiger partial charge on any atom is -0.467 e. The van der Waals surface area contributed by atoms with Gasteiger partial charge in [-0.3, -0.25) is 4.79 Å². The molecule has 2 N–H and O–H groups in total. The second-order valence-electron chi connectivity index (χ2n) is 5.37. The maximum atomic E-state index is 12.8. The number of amides is 1. The number of carbonyl (C=O) groups excluding carboxylic acids is 1. The van der Waals surface area contributed by atoms with E-state index in [2.05, 4.69) is 5.32 Å². The molecule has 0 aliphatic carbocycles. The maximum absolute atomic E-state index is 12.8. The van der Waals surface area contributed by atoms with Gasteiger partial charge in [-0.1, -0.05) is 0 Å². The van der Waals surface area contributed by atoms with Crippen LogP contribution in [0.2, 0.25) is 0 Å². The van der Waals surface area contributed by atoms with Crippen molar-refractivity contribution in [2.45, 2.75) is 24.9 Å². The Balaban J connectivity index is 2.12. The molecule has 10 heteroatoms. The Morgan fingerprint density at radius 1 is 1.08 bits per heavy atom. The Morgan fingerprint density at radius 3 is 2.12 bits per heavy atom. The highest BCUT2D eigenvalue weighted by Gasteiger charge is 2.37. The molecule has 0 spiro atoms. The summed E-state index contributed by atoms with van der Waals surface area (Å²) in [7, 11) is 0. The lowest BCUT2D eigenvalue weighted by Gasteiger charge is -2.14. The fraction of sp³-hybridized carbons (Fsp3) is 0.312. The van der Waals surface area contributed by atoms with Crippen LogP contribution in [-0.4, -0.2) is 17.6 Å². The van der Waals surface area contributed by atoms with Crippen LogP contribution >= 0.6 is 0 Å². The van der Waals surface area contributed by atoms with Crippen molar-refractivity contribution in [2.24, 2.45) is 0 Å². The molecule has 0 aliphatic heterocycles. The van der Waals surface area contributed by atoms with E-state index in [1.165, 1.54) is 18.4 Å². The highest BCUT2D eigenvalue weighted by molar-refractivity contribution is 5.94. The van der Waals surface area contributed by atoms with Crippen LogP contribution in [0.15, 0.2) is 41.0 Å². The number of halogens is 6. The molecule has 1 unspecified atom stereocenters. The summed E-state index contributed by atoms with van der Waals surface area (Å²) < 4.78 is 81.6. The first kappa shape index (κ1) is 19.8. The fourth-order valence-corrected chi connectivity index (χ4v) is 2.13. The third-order valence-electron chi connectivity index (χ3n) is 3.42. The number of furan rings is 1. The van der Waals surface area contributed by atoms with Gasteiger partial charge >= 0.3 is 12.4 Å². The summed E-state index contributed by atoms with van der Waals surface area (Å²) in [6.07, 6.45) is -9.86. The van der Waals surface area contributed by atoms with E-state index in [9.17, 15) is 36.2 Å². The molecule has 1 aromatic heterocycles. The number of aliphatic hydroxyl groups is 1. The third-order valence-corrected chi connectivity index (χ3v) is 3.42. The van der Waals surface area contributed by atoms with Crippen LogP contribution in [0.1, 0.15) is 39.8 Å². The Kier molecular flexibility index (Phi) is 5.65. The van der Waals surface area contributed by atoms with Crippen LogP contribution in [0.25, 0.3) is 0 Å². The minimum atomic E-state index is -5.04. The average molecular weight is 381 g/mol. The molecule has 0 saturated carbocycles. The van der Waals surface area contributed by atoms with Gasteiger partial charge in [-0.25, -0.2) is 0 Å². The van der Waals surface area contributed by atoms with Crippen molar-refractivity contribution in [3.63, 3.8) is 0 Å². The number of nitrogens with one attached hydrogen (secondary N) is 1. The molecule has 1 aromatic carbocycles. The van der Waals surface area contributed by atoms with Crippen molar-refractivity contribution in [3.05, 3.63) is 59.0 Å². The number of alkyl halides is 6. The molecule has 0 fully saturated rings. The van der Waals surface area contributed by atoms with E-state index in [0.717, 1.165) is 0 Å². The van der Waals surface area contributed by atoms with Gasteiger partial charge in [0.2, 0.25) is 0 Å². The number of benzene rings is 1. The summed E-state index contributed by atoms with van der Waals surface area (Å²) in [6.45, 7) is -0.182. The molecule has 1 heterocycles.